The van der Waals surface area contributed by atoms with E-state index in [9.17, 15) is 0 Å². The van der Waals surface area contributed by atoms with Gasteiger partial charge in [-0.15, -0.1) is 10.2 Å². The number of aromatic nitrogens is 4. The van der Waals surface area contributed by atoms with E-state index < -0.39 is 0 Å². The van der Waals surface area contributed by atoms with E-state index in [0.717, 1.165) is 29.8 Å². The number of fused-ring (bicyclic) bond motifs is 1. The average molecular weight is 317 g/mol. The van der Waals surface area contributed by atoms with Gasteiger partial charge in [0.1, 0.15) is 0 Å². The Kier molecular flexibility index (Phi) is 4.19. The normalized spacial score (nSPS) is 23.2. The zero-order valence-electron chi connectivity index (χ0n) is 12.9. The van der Waals surface area contributed by atoms with Crippen molar-refractivity contribution in [1.29, 1.82) is 0 Å². The summed E-state index contributed by atoms with van der Waals surface area (Å²) in [4.78, 5) is 4.49. The summed E-state index contributed by atoms with van der Waals surface area (Å²) in [6, 6.07) is 0. The van der Waals surface area contributed by atoms with Gasteiger partial charge in [-0.05, 0) is 37.4 Å². The molecule has 1 atom stereocenters. The topological polar surface area (TPSA) is 55.1 Å². The minimum Gasteiger partial charge on any atom is -0.367 e. The number of nitrogens with one attached hydrogen (secondary N) is 1. The van der Waals surface area contributed by atoms with Crippen molar-refractivity contribution in [3.05, 3.63) is 18.2 Å². The molecule has 0 amide bonds. The Morgan fingerprint density at radius 3 is 2.86 bits per heavy atom. The molecular formula is C16H23N5S. The van der Waals surface area contributed by atoms with Crippen LogP contribution in [0.5, 0.6) is 0 Å². The first-order valence-electron chi connectivity index (χ1n) is 8.47. The molecule has 1 N–H and O–H groups in total. The molecule has 0 unspecified atom stereocenters. The van der Waals surface area contributed by atoms with Crippen LogP contribution in [0.3, 0.4) is 0 Å². The largest absolute Gasteiger partial charge is 0.367 e. The zero-order valence-corrected chi connectivity index (χ0v) is 13.7. The van der Waals surface area contributed by atoms with Crippen LogP contribution in [-0.4, -0.2) is 31.9 Å². The molecule has 118 valence electrons. The molecule has 6 heteroatoms. The van der Waals surface area contributed by atoms with Gasteiger partial charge in [-0.25, -0.2) is 4.98 Å². The van der Waals surface area contributed by atoms with E-state index in [-0.39, 0.29) is 0 Å². The number of thioether (sulfide) groups is 1. The van der Waals surface area contributed by atoms with Gasteiger partial charge >= 0.3 is 0 Å². The first-order valence-corrected chi connectivity index (χ1v) is 9.52. The summed E-state index contributed by atoms with van der Waals surface area (Å²) >= 11 is 1.99. The fourth-order valence-electron chi connectivity index (χ4n) is 3.60. The molecule has 0 bridgehead atoms. The molecule has 3 heterocycles. The van der Waals surface area contributed by atoms with Crippen molar-refractivity contribution < 1.29 is 0 Å². The molecule has 1 aliphatic heterocycles. The maximum absolute atomic E-state index is 4.49. The van der Waals surface area contributed by atoms with Crippen molar-refractivity contribution >= 4 is 23.2 Å². The van der Waals surface area contributed by atoms with Gasteiger partial charge in [-0.3, -0.25) is 4.40 Å². The van der Waals surface area contributed by atoms with Gasteiger partial charge in [0.05, 0.1) is 5.25 Å². The quantitative estimate of drug-likeness (QED) is 0.932. The van der Waals surface area contributed by atoms with Crippen molar-refractivity contribution in [2.75, 3.05) is 17.6 Å². The number of nitrogens with zero attached hydrogens (tertiary/aromatic N) is 4. The highest BCUT2D eigenvalue weighted by molar-refractivity contribution is 7.99. The van der Waals surface area contributed by atoms with E-state index in [1.54, 1.807) is 0 Å². The molecule has 2 aromatic heterocycles. The Balaban J connectivity index is 1.53. The van der Waals surface area contributed by atoms with Gasteiger partial charge in [0, 0.05) is 18.9 Å². The molecule has 0 spiro atoms. The second-order valence-corrected chi connectivity index (χ2v) is 7.72. The second-order valence-electron chi connectivity index (χ2n) is 6.41. The maximum Gasteiger partial charge on any atom is 0.203 e. The Labute approximate surface area is 135 Å². The van der Waals surface area contributed by atoms with Crippen LogP contribution < -0.4 is 5.32 Å². The maximum atomic E-state index is 4.49. The first kappa shape index (κ1) is 14.3. The van der Waals surface area contributed by atoms with Crippen LogP contribution in [0.4, 0.5) is 5.82 Å². The van der Waals surface area contributed by atoms with Gasteiger partial charge in [0.25, 0.3) is 0 Å². The zero-order chi connectivity index (χ0) is 14.8. The van der Waals surface area contributed by atoms with Gasteiger partial charge in [0.2, 0.25) is 5.65 Å². The Morgan fingerprint density at radius 1 is 1.14 bits per heavy atom. The molecule has 1 saturated heterocycles. The fraction of sp³-hybridized carbons (Fsp3) is 0.688. The summed E-state index contributed by atoms with van der Waals surface area (Å²) in [6.45, 7) is 1.01. The number of rotatable bonds is 4. The Hall–Kier alpha value is -1.30. The molecule has 2 aliphatic rings. The lowest BCUT2D eigenvalue weighted by molar-refractivity contribution is 0.373. The summed E-state index contributed by atoms with van der Waals surface area (Å²) in [5.74, 6) is 3.98. The lowest BCUT2D eigenvalue weighted by Crippen LogP contribution is -2.18. The molecule has 1 saturated carbocycles. The molecule has 2 aromatic rings. The van der Waals surface area contributed by atoms with Crippen molar-refractivity contribution in [3.8, 4) is 0 Å². The molecule has 5 nitrogen and oxygen atoms in total. The van der Waals surface area contributed by atoms with Gasteiger partial charge < -0.3 is 5.32 Å². The van der Waals surface area contributed by atoms with Crippen LogP contribution in [0.25, 0.3) is 5.65 Å². The van der Waals surface area contributed by atoms with E-state index >= 15 is 0 Å². The third kappa shape index (κ3) is 2.81. The highest BCUT2D eigenvalue weighted by Crippen LogP contribution is 2.39. The summed E-state index contributed by atoms with van der Waals surface area (Å²) in [5.41, 5.74) is 0.876. The Bertz CT molecular complexity index is 628. The predicted octanol–water partition coefficient (Wildman–Crippen LogP) is 3.68. The fourth-order valence-corrected chi connectivity index (χ4v) is 4.86. The highest BCUT2D eigenvalue weighted by atomic mass is 32.2. The van der Waals surface area contributed by atoms with Gasteiger partial charge in [0.15, 0.2) is 11.6 Å². The van der Waals surface area contributed by atoms with E-state index in [1.165, 1.54) is 50.7 Å². The van der Waals surface area contributed by atoms with Crippen molar-refractivity contribution in [1.82, 2.24) is 19.6 Å². The van der Waals surface area contributed by atoms with E-state index in [1.807, 2.05) is 24.2 Å². The van der Waals surface area contributed by atoms with Crippen LogP contribution in [0.2, 0.25) is 0 Å². The lowest BCUT2D eigenvalue weighted by atomic mass is 9.89. The summed E-state index contributed by atoms with van der Waals surface area (Å²) in [7, 11) is 0. The molecule has 22 heavy (non-hydrogen) atoms. The molecule has 2 fully saturated rings. The van der Waals surface area contributed by atoms with Crippen LogP contribution in [0, 0.1) is 5.92 Å². The van der Waals surface area contributed by atoms with Crippen LogP contribution in [0.1, 0.15) is 56.0 Å². The highest BCUT2D eigenvalue weighted by Gasteiger charge is 2.24. The van der Waals surface area contributed by atoms with Gasteiger partial charge in [-0.1, -0.05) is 19.3 Å². The van der Waals surface area contributed by atoms with E-state index in [4.69, 9.17) is 0 Å². The number of hydrogen-bond donors (Lipinski definition) is 1. The van der Waals surface area contributed by atoms with Gasteiger partial charge in [-0.2, -0.15) is 11.8 Å². The number of anilines is 1. The molecule has 1 aliphatic carbocycles. The lowest BCUT2D eigenvalue weighted by Gasteiger charge is -2.21. The third-order valence-electron chi connectivity index (χ3n) is 4.85. The summed E-state index contributed by atoms with van der Waals surface area (Å²) in [5, 5.41) is 12.9. The van der Waals surface area contributed by atoms with Crippen molar-refractivity contribution in [2.24, 2.45) is 5.92 Å². The second kappa shape index (κ2) is 6.44. The van der Waals surface area contributed by atoms with Crippen LogP contribution in [-0.2, 0) is 0 Å². The average Bonchev–Trinajstić information content (AvgIpc) is 3.22. The standard InChI is InChI=1S/C16H23N5S/c1-2-5-12(6-3-1)11-18-14-16-20-19-15(13-7-4-10-22-13)21(16)9-8-17-14/h8-9,12-13H,1-7,10-11H2,(H,17,18)/t13-/m0/s1. The first-order chi connectivity index (χ1) is 10.9. The Morgan fingerprint density at radius 2 is 2.05 bits per heavy atom. The molecule has 0 radical (unpaired) electrons. The monoisotopic (exact) mass is 317 g/mol. The van der Waals surface area contributed by atoms with Crippen molar-refractivity contribution in [3.63, 3.8) is 0 Å². The number of hydrogen-bond acceptors (Lipinski definition) is 5. The third-order valence-corrected chi connectivity index (χ3v) is 6.23. The minimum atomic E-state index is 0.489. The van der Waals surface area contributed by atoms with Crippen LogP contribution in [0.15, 0.2) is 12.4 Å². The SMILES string of the molecule is c1cn2c([C@@H]3CCCS3)nnc2c(NCC2CCCCC2)n1. The molecular weight excluding hydrogens is 294 g/mol. The molecule has 4 rings (SSSR count). The summed E-state index contributed by atoms with van der Waals surface area (Å²) in [6.07, 6.45) is 13.2. The van der Waals surface area contributed by atoms with E-state index in [2.05, 4.69) is 24.9 Å². The van der Waals surface area contributed by atoms with E-state index in [0.29, 0.717) is 5.25 Å². The smallest absolute Gasteiger partial charge is 0.203 e. The molecule has 0 aromatic carbocycles. The van der Waals surface area contributed by atoms with Crippen LogP contribution >= 0.6 is 11.8 Å². The minimum absolute atomic E-state index is 0.489. The predicted molar refractivity (Wildman–Crippen MR) is 90.3 cm³/mol. The summed E-state index contributed by atoms with van der Waals surface area (Å²) < 4.78 is 2.12. The van der Waals surface area contributed by atoms with Crippen molar-refractivity contribution in [2.45, 2.75) is 50.2 Å².